The Hall–Kier alpha value is -1.24. The Kier molecular flexibility index (Phi) is 5.88. The lowest BCUT2D eigenvalue weighted by Crippen LogP contribution is -2.60. The maximum Gasteiger partial charge on any atom is 0.254 e. The zero-order chi connectivity index (χ0) is 20.8. The van der Waals surface area contributed by atoms with Crippen molar-refractivity contribution in [3.8, 4) is 0 Å². The van der Waals surface area contributed by atoms with Crippen molar-refractivity contribution in [3.05, 3.63) is 69.1 Å². The highest BCUT2D eigenvalue weighted by Crippen LogP contribution is 2.40. The van der Waals surface area contributed by atoms with Crippen LogP contribution < -0.4 is 10.9 Å². The lowest BCUT2D eigenvalue weighted by molar-refractivity contribution is 0.0586. The van der Waals surface area contributed by atoms with Gasteiger partial charge in [0.15, 0.2) is 0 Å². The molecule has 29 heavy (non-hydrogen) atoms. The molecule has 1 aromatic heterocycles. The van der Waals surface area contributed by atoms with Crippen molar-refractivity contribution >= 4 is 52.3 Å². The molecule has 154 valence electrons. The molecule has 1 amide bonds. The number of hydrogen-bond acceptors (Lipinski definition) is 3. The lowest BCUT2D eigenvalue weighted by Gasteiger charge is -2.47. The third kappa shape index (κ3) is 4.30. The van der Waals surface area contributed by atoms with E-state index in [1.807, 2.05) is 15.5 Å². The van der Waals surface area contributed by atoms with E-state index >= 15 is 0 Å². The molecule has 0 radical (unpaired) electrons. The summed E-state index contributed by atoms with van der Waals surface area (Å²) >= 11 is 25.0. The smallest absolute Gasteiger partial charge is 0.254 e. The van der Waals surface area contributed by atoms with Gasteiger partial charge >= 0.3 is 0 Å². The molecule has 0 aliphatic carbocycles. The fraction of sp³-hybridized carbons (Fsp3) is 0.400. The highest BCUT2D eigenvalue weighted by atomic mass is 35.6. The summed E-state index contributed by atoms with van der Waals surface area (Å²) in [4.78, 5) is 27.0. The number of rotatable bonds is 3. The molecule has 0 unspecified atom stereocenters. The molecule has 0 saturated carbocycles. The maximum atomic E-state index is 12.8. The minimum Gasteiger partial charge on any atom is -0.332 e. The van der Waals surface area contributed by atoms with Gasteiger partial charge in [0.25, 0.3) is 11.5 Å². The van der Waals surface area contributed by atoms with Crippen LogP contribution in [-0.4, -0.2) is 38.4 Å². The number of nitrogens with one attached hydrogen (secondary N) is 1. The largest absolute Gasteiger partial charge is 0.332 e. The molecule has 1 N–H and O–H groups in total. The predicted molar refractivity (Wildman–Crippen MR) is 116 cm³/mol. The molecule has 5 nitrogen and oxygen atoms in total. The van der Waals surface area contributed by atoms with Gasteiger partial charge in [-0.3, -0.25) is 14.5 Å². The molecule has 4 rings (SSSR count). The minimum absolute atomic E-state index is 0.00981. The van der Waals surface area contributed by atoms with Crippen molar-refractivity contribution < 1.29 is 4.79 Å². The Labute approximate surface area is 188 Å². The van der Waals surface area contributed by atoms with Crippen LogP contribution in [0.4, 0.5) is 0 Å². The van der Waals surface area contributed by atoms with Crippen LogP contribution in [0.2, 0.25) is 5.02 Å². The van der Waals surface area contributed by atoms with Crippen LogP contribution in [0.3, 0.4) is 0 Å². The van der Waals surface area contributed by atoms with E-state index in [1.165, 1.54) is 0 Å². The third-order valence-electron chi connectivity index (χ3n) is 5.57. The van der Waals surface area contributed by atoms with E-state index < -0.39 is 15.9 Å². The van der Waals surface area contributed by atoms with Crippen LogP contribution in [-0.2, 0) is 6.54 Å². The topological polar surface area (TPSA) is 54.3 Å². The van der Waals surface area contributed by atoms with Crippen molar-refractivity contribution in [2.45, 2.75) is 28.8 Å². The summed E-state index contributed by atoms with van der Waals surface area (Å²) in [7, 11) is 0. The van der Waals surface area contributed by atoms with Crippen LogP contribution >= 0.6 is 46.4 Å². The summed E-state index contributed by atoms with van der Waals surface area (Å²) in [5, 5.41) is 3.18. The predicted octanol–water partition coefficient (Wildman–Crippen LogP) is 4.05. The molecule has 1 fully saturated rings. The number of carbonyl (C=O) groups excluding carboxylic acids is 1. The Morgan fingerprint density at radius 3 is 2.55 bits per heavy atom. The molecule has 2 aromatic rings. The van der Waals surface area contributed by atoms with Crippen molar-refractivity contribution in [3.63, 3.8) is 0 Å². The quantitative estimate of drug-likeness (QED) is 0.682. The fourth-order valence-corrected chi connectivity index (χ4v) is 5.17. The van der Waals surface area contributed by atoms with Gasteiger partial charge in [-0.15, -0.1) is 0 Å². The standard InChI is InChI=1S/C20H19Cl4N3O2/c21-15-5-2-1-4-14(15)18(29)25-19(20(22,23)24)26-9-12-8-13(11-26)16-6-3-7-17(28)27(16)10-12/h1-7,12-13,19H,8-11H2,(H,25,29)/t12-,13-,19-/m0/s1. The number of hydrogen-bond donors (Lipinski definition) is 1. The first-order chi connectivity index (χ1) is 13.7. The normalized spacial score (nSPS) is 22.6. The van der Waals surface area contributed by atoms with E-state index in [-0.39, 0.29) is 17.4 Å². The second-order valence-corrected chi connectivity index (χ2v) is 10.3. The summed E-state index contributed by atoms with van der Waals surface area (Å²) in [6.45, 7) is 1.80. The number of pyridine rings is 1. The first kappa shape index (κ1) is 21.0. The monoisotopic (exact) mass is 473 g/mol. The van der Waals surface area contributed by atoms with Crippen molar-refractivity contribution in [2.24, 2.45) is 5.92 Å². The molecule has 0 spiro atoms. The van der Waals surface area contributed by atoms with Gasteiger partial charge < -0.3 is 9.88 Å². The van der Waals surface area contributed by atoms with Crippen LogP contribution in [0.5, 0.6) is 0 Å². The van der Waals surface area contributed by atoms with Crippen molar-refractivity contribution in [2.75, 3.05) is 13.1 Å². The second kappa shape index (κ2) is 8.12. The highest BCUT2D eigenvalue weighted by Gasteiger charge is 2.44. The number of fused-ring (bicyclic) bond motifs is 4. The van der Waals surface area contributed by atoms with Gasteiger partial charge in [-0.1, -0.05) is 64.6 Å². The van der Waals surface area contributed by atoms with E-state index in [4.69, 9.17) is 46.4 Å². The number of carbonyl (C=O) groups is 1. The zero-order valence-electron chi connectivity index (χ0n) is 15.3. The van der Waals surface area contributed by atoms with Gasteiger partial charge in [0.2, 0.25) is 3.79 Å². The number of aromatic nitrogens is 1. The first-order valence-electron chi connectivity index (χ1n) is 9.30. The molecule has 2 bridgehead atoms. The Bertz CT molecular complexity index is 988. The number of likely N-dealkylation sites (tertiary alicyclic amines) is 1. The number of halogens is 4. The average Bonchev–Trinajstić information content (AvgIpc) is 2.66. The molecule has 3 heterocycles. The van der Waals surface area contributed by atoms with Crippen LogP contribution in [0.1, 0.15) is 28.4 Å². The summed E-state index contributed by atoms with van der Waals surface area (Å²) in [5.74, 6) is -0.0452. The number of piperidine rings is 1. The first-order valence-corrected chi connectivity index (χ1v) is 10.8. The Morgan fingerprint density at radius 2 is 1.83 bits per heavy atom. The number of benzene rings is 1. The summed E-state index contributed by atoms with van der Waals surface area (Å²) in [5.41, 5.74) is 1.32. The fourth-order valence-electron chi connectivity index (χ4n) is 4.37. The minimum atomic E-state index is -1.74. The van der Waals surface area contributed by atoms with E-state index in [0.29, 0.717) is 30.2 Å². The highest BCUT2D eigenvalue weighted by molar-refractivity contribution is 6.68. The molecule has 2 aliphatic heterocycles. The maximum absolute atomic E-state index is 12.8. The lowest BCUT2D eigenvalue weighted by atomic mass is 9.83. The zero-order valence-corrected chi connectivity index (χ0v) is 18.3. The molecule has 1 aromatic carbocycles. The van der Waals surface area contributed by atoms with Crippen LogP contribution in [0.15, 0.2) is 47.3 Å². The number of amides is 1. The van der Waals surface area contributed by atoms with Crippen LogP contribution in [0.25, 0.3) is 0 Å². The van der Waals surface area contributed by atoms with Gasteiger partial charge in [-0.2, -0.15) is 0 Å². The van der Waals surface area contributed by atoms with Gasteiger partial charge in [0.1, 0.15) is 6.17 Å². The molecule has 3 atom stereocenters. The SMILES string of the molecule is O=C(N[C@@H](N1C[C@@H]2C[C@@H](C1)c1cccc(=O)n1C2)C(Cl)(Cl)Cl)c1ccccc1Cl. The molecule has 2 aliphatic rings. The summed E-state index contributed by atoms with van der Waals surface area (Å²) < 4.78 is 0.0990. The van der Waals surface area contributed by atoms with Crippen LogP contribution in [0, 0.1) is 5.92 Å². The molecule has 9 heteroatoms. The Morgan fingerprint density at radius 1 is 1.07 bits per heavy atom. The van der Waals surface area contributed by atoms with Gasteiger partial charge in [-0.25, -0.2) is 0 Å². The van der Waals surface area contributed by atoms with Crippen molar-refractivity contribution in [1.82, 2.24) is 14.8 Å². The second-order valence-electron chi connectivity index (χ2n) is 7.55. The average molecular weight is 475 g/mol. The van der Waals surface area contributed by atoms with Gasteiger partial charge in [-0.05, 0) is 30.5 Å². The van der Waals surface area contributed by atoms with Crippen molar-refractivity contribution in [1.29, 1.82) is 0 Å². The third-order valence-corrected chi connectivity index (χ3v) is 6.52. The van der Waals surface area contributed by atoms with Gasteiger partial charge in [0.05, 0.1) is 10.6 Å². The molecule has 1 saturated heterocycles. The van der Waals surface area contributed by atoms with E-state index in [0.717, 1.165) is 12.1 Å². The molecular formula is C20H19Cl4N3O2. The van der Waals surface area contributed by atoms with E-state index in [9.17, 15) is 9.59 Å². The van der Waals surface area contributed by atoms with Gasteiger partial charge in [0, 0.05) is 37.3 Å². The number of alkyl halides is 3. The van der Waals surface area contributed by atoms with E-state index in [2.05, 4.69) is 5.32 Å². The summed E-state index contributed by atoms with van der Waals surface area (Å²) in [6, 6.07) is 12.1. The van der Waals surface area contributed by atoms with E-state index in [1.54, 1.807) is 36.4 Å². The number of nitrogens with zero attached hydrogens (tertiary/aromatic N) is 2. The molecular weight excluding hydrogens is 456 g/mol. The summed E-state index contributed by atoms with van der Waals surface area (Å²) in [6.07, 6.45) is 0.133. The Balaban J connectivity index is 1.60.